The first-order valence-electron chi connectivity index (χ1n) is 15.9. The number of likely N-dealkylation sites (tertiary alicyclic amines) is 1. The van der Waals surface area contributed by atoms with E-state index >= 15 is 0 Å². The van der Waals surface area contributed by atoms with Crippen LogP contribution in [0.4, 0.5) is 22.0 Å². The zero-order valence-corrected chi connectivity index (χ0v) is 25.3. The number of guanidine groups is 1. The lowest BCUT2D eigenvalue weighted by Gasteiger charge is -2.34. The number of benzene rings is 2. The Bertz CT molecular complexity index is 1350. The quantitative estimate of drug-likeness (QED) is 0.279. The van der Waals surface area contributed by atoms with Crippen molar-refractivity contribution in [3.8, 4) is 0 Å². The molecule has 4 aliphatic rings. The highest BCUT2D eigenvalue weighted by Crippen LogP contribution is 2.42. The first-order chi connectivity index (χ1) is 21.6. The number of hydrogen-bond donors (Lipinski definition) is 0. The zero-order valence-electron chi connectivity index (χ0n) is 25.3. The molecule has 1 aliphatic carbocycles. The largest absolute Gasteiger partial charge is 0.391 e. The van der Waals surface area contributed by atoms with Gasteiger partial charge >= 0.3 is 6.18 Å². The van der Waals surface area contributed by atoms with Gasteiger partial charge in [-0.15, -0.1) is 0 Å². The van der Waals surface area contributed by atoms with Gasteiger partial charge in [0, 0.05) is 32.7 Å². The van der Waals surface area contributed by atoms with Gasteiger partial charge in [0.05, 0.1) is 19.1 Å². The predicted molar refractivity (Wildman–Crippen MR) is 160 cm³/mol. The lowest BCUT2D eigenvalue weighted by molar-refractivity contribution is -0.179. The van der Waals surface area contributed by atoms with Crippen molar-refractivity contribution in [2.75, 3.05) is 52.5 Å². The predicted octanol–water partition coefficient (Wildman–Crippen LogP) is 6.27. The molecule has 0 N–H and O–H groups in total. The molecular weight excluding hydrogens is 591 g/mol. The van der Waals surface area contributed by atoms with Gasteiger partial charge in [-0.2, -0.15) is 13.2 Å². The van der Waals surface area contributed by atoms with Crippen LogP contribution in [-0.4, -0.2) is 85.2 Å². The summed E-state index contributed by atoms with van der Waals surface area (Å²) in [5, 5.41) is 0. The van der Waals surface area contributed by atoms with Gasteiger partial charge in [-0.1, -0.05) is 35.4 Å². The SMILES string of the molecule is O=C1N(CCCN2CCC(=C3CCC(C(F)(F)F)CC3)CC2)C(N2CCOCC2)=NC1(c1ccc(F)cc1)c1ccc(F)cc1. The number of carbonyl (C=O) groups is 1. The smallest absolute Gasteiger partial charge is 0.378 e. The molecule has 0 bridgehead atoms. The van der Waals surface area contributed by atoms with Crippen molar-refractivity contribution in [2.45, 2.75) is 56.7 Å². The van der Waals surface area contributed by atoms with Gasteiger partial charge in [0.15, 0.2) is 5.54 Å². The summed E-state index contributed by atoms with van der Waals surface area (Å²) in [6.45, 7) is 5.01. The summed E-state index contributed by atoms with van der Waals surface area (Å²) in [5.41, 5.74) is 2.09. The molecule has 3 heterocycles. The summed E-state index contributed by atoms with van der Waals surface area (Å²) >= 11 is 0. The Morgan fingerprint density at radius 2 is 1.31 bits per heavy atom. The molecule has 0 unspecified atom stereocenters. The van der Waals surface area contributed by atoms with Crippen molar-refractivity contribution in [1.82, 2.24) is 14.7 Å². The number of rotatable bonds is 6. The summed E-state index contributed by atoms with van der Waals surface area (Å²) in [5.74, 6) is -1.76. The van der Waals surface area contributed by atoms with Crippen LogP contribution >= 0.6 is 0 Å². The lowest BCUT2D eigenvalue weighted by atomic mass is 9.81. The normalized spacial score (nSPS) is 23.1. The second kappa shape index (κ2) is 13.2. The fourth-order valence-corrected chi connectivity index (χ4v) is 7.18. The van der Waals surface area contributed by atoms with Gasteiger partial charge in [0.1, 0.15) is 11.6 Å². The van der Waals surface area contributed by atoms with Gasteiger partial charge in [-0.25, -0.2) is 13.8 Å². The Morgan fingerprint density at radius 3 is 1.84 bits per heavy atom. The van der Waals surface area contributed by atoms with Crippen molar-refractivity contribution in [3.63, 3.8) is 0 Å². The van der Waals surface area contributed by atoms with Crippen molar-refractivity contribution in [2.24, 2.45) is 10.9 Å². The molecule has 0 aromatic heterocycles. The van der Waals surface area contributed by atoms with E-state index in [0.717, 1.165) is 32.5 Å². The Hall–Kier alpha value is -3.31. The molecule has 242 valence electrons. The number of ether oxygens (including phenoxy) is 1. The maximum Gasteiger partial charge on any atom is 0.391 e. The van der Waals surface area contributed by atoms with Crippen LogP contribution in [0, 0.1) is 17.6 Å². The molecule has 2 aromatic rings. The average molecular weight is 631 g/mol. The van der Waals surface area contributed by atoms with Crippen LogP contribution in [0.1, 0.15) is 56.1 Å². The average Bonchev–Trinajstić information content (AvgIpc) is 3.34. The van der Waals surface area contributed by atoms with E-state index < -0.39 is 29.3 Å². The van der Waals surface area contributed by atoms with Gasteiger partial charge < -0.3 is 14.5 Å². The number of allylic oxidation sites excluding steroid dienone is 1. The number of aliphatic imine (C=N–C) groups is 1. The van der Waals surface area contributed by atoms with Crippen LogP contribution in [0.5, 0.6) is 0 Å². The van der Waals surface area contributed by atoms with Crippen LogP contribution in [-0.2, 0) is 15.1 Å². The van der Waals surface area contributed by atoms with E-state index in [1.807, 2.05) is 4.90 Å². The van der Waals surface area contributed by atoms with Crippen molar-refractivity contribution < 1.29 is 31.5 Å². The van der Waals surface area contributed by atoms with E-state index in [9.17, 15) is 26.7 Å². The van der Waals surface area contributed by atoms with E-state index in [1.54, 1.807) is 29.2 Å². The third kappa shape index (κ3) is 6.65. The zero-order chi connectivity index (χ0) is 31.6. The first kappa shape index (κ1) is 31.7. The van der Waals surface area contributed by atoms with Crippen LogP contribution in [0.25, 0.3) is 0 Å². The van der Waals surface area contributed by atoms with Gasteiger partial charge in [0.2, 0.25) is 5.96 Å². The maximum absolute atomic E-state index is 14.5. The minimum absolute atomic E-state index is 0.195. The molecule has 1 saturated carbocycles. The maximum atomic E-state index is 14.5. The Morgan fingerprint density at radius 1 is 0.778 bits per heavy atom. The van der Waals surface area contributed by atoms with Gasteiger partial charge in [0.25, 0.3) is 5.91 Å². The monoisotopic (exact) mass is 630 g/mol. The van der Waals surface area contributed by atoms with Gasteiger partial charge in [-0.05, 0) is 86.9 Å². The fraction of sp³-hybridized carbons (Fsp3) is 0.529. The van der Waals surface area contributed by atoms with Crippen molar-refractivity contribution in [3.05, 3.63) is 82.4 Å². The molecule has 1 amide bonds. The molecule has 3 aliphatic heterocycles. The number of hydrogen-bond acceptors (Lipinski definition) is 5. The van der Waals surface area contributed by atoms with E-state index in [1.165, 1.54) is 35.4 Å². The number of halogens is 5. The number of morpholine rings is 1. The first-order valence-corrected chi connectivity index (χ1v) is 15.9. The van der Waals surface area contributed by atoms with Crippen LogP contribution < -0.4 is 0 Å². The Kier molecular flexibility index (Phi) is 9.29. The Balaban J connectivity index is 1.16. The summed E-state index contributed by atoms with van der Waals surface area (Å²) in [6, 6.07) is 11.5. The topological polar surface area (TPSA) is 48.4 Å². The molecule has 6 nitrogen and oxygen atoms in total. The molecule has 0 spiro atoms. The number of alkyl halides is 3. The second-order valence-corrected chi connectivity index (χ2v) is 12.4. The van der Waals surface area contributed by atoms with E-state index in [4.69, 9.17) is 9.73 Å². The molecule has 6 rings (SSSR count). The highest BCUT2D eigenvalue weighted by Gasteiger charge is 2.52. The highest BCUT2D eigenvalue weighted by molar-refractivity contribution is 6.09. The molecule has 45 heavy (non-hydrogen) atoms. The summed E-state index contributed by atoms with van der Waals surface area (Å²) in [7, 11) is 0. The molecule has 2 aromatic carbocycles. The van der Waals surface area contributed by atoms with Crippen molar-refractivity contribution in [1.29, 1.82) is 0 Å². The van der Waals surface area contributed by atoms with E-state index in [2.05, 4.69) is 4.90 Å². The molecule has 0 radical (unpaired) electrons. The lowest BCUT2D eigenvalue weighted by Crippen LogP contribution is -2.50. The standard InChI is InChI=1S/C34H39F5N4O2/c35-29-10-6-26(7-11-29)33(27-8-12-30(36)13-9-27)31(44)43(32(40-33)42-20-22-45-23-21-42)17-1-16-41-18-14-25(15-19-41)24-2-4-28(5-3-24)34(37,38)39/h6-13,28H,1-5,14-23H2. The molecular formula is C34H39F5N4O2. The third-order valence-electron chi connectivity index (χ3n) is 9.75. The number of piperidine rings is 1. The number of amides is 1. The van der Waals surface area contributed by atoms with Crippen LogP contribution in [0.15, 0.2) is 64.7 Å². The third-order valence-corrected chi connectivity index (χ3v) is 9.75. The van der Waals surface area contributed by atoms with E-state index in [-0.39, 0.29) is 18.7 Å². The van der Waals surface area contributed by atoms with Crippen LogP contribution in [0.3, 0.4) is 0 Å². The minimum Gasteiger partial charge on any atom is -0.378 e. The minimum atomic E-state index is -4.10. The second-order valence-electron chi connectivity index (χ2n) is 12.4. The summed E-state index contributed by atoms with van der Waals surface area (Å²) in [4.78, 5) is 25.7. The van der Waals surface area contributed by atoms with Crippen molar-refractivity contribution >= 4 is 11.9 Å². The highest BCUT2D eigenvalue weighted by atomic mass is 19.4. The fourth-order valence-electron chi connectivity index (χ4n) is 7.18. The van der Waals surface area contributed by atoms with Gasteiger partial charge in [-0.3, -0.25) is 9.69 Å². The summed E-state index contributed by atoms with van der Waals surface area (Å²) < 4.78 is 72.8. The summed E-state index contributed by atoms with van der Waals surface area (Å²) in [6.07, 6.45) is -0.187. The van der Waals surface area contributed by atoms with Crippen LogP contribution in [0.2, 0.25) is 0 Å². The molecule has 2 saturated heterocycles. The number of carbonyl (C=O) groups excluding carboxylic acids is 1. The molecule has 11 heteroatoms. The molecule has 3 fully saturated rings. The molecule has 0 atom stereocenters. The number of nitrogens with zero attached hydrogens (tertiary/aromatic N) is 4. The Labute approximate surface area is 260 Å². The van der Waals surface area contributed by atoms with E-state index in [0.29, 0.717) is 69.2 Å².